The second-order valence-electron chi connectivity index (χ2n) is 5.83. The Morgan fingerprint density at radius 1 is 1.33 bits per heavy atom. The Morgan fingerprint density at radius 3 is 2.58 bits per heavy atom. The van der Waals surface area contributed by atoms with Crippen LogP contribution in [-0.4, -0.2) is 46.5 Å². The van der Waals surface area contributed by atoms with Crippen molar-refractivity contribution in [2.75, 3.05) is 20.1 Å². The van der Waals surface area contributed by atoms with E-state index in [0.717, 1.165) is 48.0 Å². The third-order valence-corrected chi connectivity index (χ3v) is 5.21. The van der Waals surface area contributed by atoms with E-state index < -0.39 is 0 Å². The lowest BCUT2D eigenvalue weighted by molar-refractivity contribution is 0.0702. The van der Waals surface area contributed by atoms with Crippen molar-refractivity contribution in [3.63, 3.8) is 0 Å². The fourth-order valence-electron chi connectivity index (χ4n) is 3.15. The standard InChI is InChI=1S/C16H22N4OS.2ClH/c1-11-10-14(12(2)20(11)16-18-8-9-22-16)15(21)19(3)13-4-6-17-7-5-13;;/h8-10,13,17H,4-7H2,1-3H3;2*1H. The largest absolute Gasteiger partial charge is 0.339 e. The van der Waals surface area contributed by atoms with Gasteiger partial charge in [0, 0.05) is 36.1 Å². The predicted molar refractivity (Wildman–Crippen MR) is 103 cm³/mol. The van der Waals surface area contributed by atoms with E-state index in [2.05, 4.69) is 14.9 Å². The number of nitrogens with zero attached hydrogens (tertiary/aromatic N) is 3. The molecule has 5 nitrogen and oxygen atoms in total. The van der Waals surface area contributed by atoms with Crippen LogP contribution in [0, 0.1) is 13.8 Å². The van der Waals surface area contributed by atoms with Crippen molar-refractivity contribution >= 4 is 42.1 Å². The molecule has 134 valence electrons. The molecule has 0 spiro atoms. The molecular weight excluding hydrogens is 367 g/mol. The average Bonchev–Trinajstić information content (AvgIpc) is 3.14. The monoisotopic (exact) mass is 390 g/mol. The molecule has 0 aromatic carbocycles. The SMILES string of the molecule is Cc1cc(C(=O)N(C)C2CCNCC2)c(C)n1-c1nccs1.Cl.Cl. The van der Waals surface area contributed by atoms with Crippen molar-refractivity contribution in [1.29, 1.82) is 0 Å². The number of aryl methyl sites for hydroxylation is 1. The molecule has 3 heterocycles. The van der Waals surface area contributed by atoms with Crippen molar-refractivity contribution in [3.05, 3.63) is 34.6 Å². The van der Waals surface area contributed by atoms with Crippen LogP contribution in [0.1, 0.15) is 34.6 Å². The first-order valence-corrected chi connectivity index (χ1v) is 8.54. The fraction of sp³-hybridized carbons (Fsp3) is 0.500. The van der Waals surface area contributed by atoms with Crippen LogP contribution in [0.4, 0.5) is 0 Å². The zero-order chi connectivity index (χ0) is 15.7. The number of nitrogens with one attached hydrogen (secondary N) is 1. The van der Waals surface area contributed by atoms with Gasteiger partial charge >= 0.3 is 0 Å². The summed E-state index contributed by atoms with van der Waals surface area (Å²) in [6, 6.07) is 2.31. The van der Waals surface area contributed by atoms with Gasteiger partial charge in [0.1, 0.15) is 0 Å². The van der Waals surface area contributed by atoms with E-state index >= 15 is 0 Å². The first-order valence-electron chi connectivity index (χ1n) is 7.66. The van der Waals surface area contributed by atoms with Crippen molar-refractivity contribution in [2.45, 2.75) is 32.7 Å². The Labute approximate surface area is 159 Å². The number of halogens is 2. The van der Waals surface area contributed by atoms with Gasteiger partial charge in [-0.05, 0) is 45.8 Å². The van der Waals surface area contributed by atoms with E-state index in [1.807, 2.05) is 37.2 Å². The van der Waals surface area contributed by atoms with E-state index in [9.17, 15) is 4.79 Å². The summed E-state index contributed by atoms with van der Waals surface area (Å²) in [5.41, 5.74) is 2.81. The van der Waals surface area contributed by atoms with Crippen molar-refractivity contribution in [2.24, 2.45) is 0 Å². The Morgan fingerprint density at radius 2 is 2.00 bits per heavy atom. The molecule has 0 aliphatic carbocycles. The van der Waals surface area contributed by atoms with Gasteiger partial charge in [-0.15, -0.1) is 36.2 Å². The number of amides is 1. The third kappa shape index (κ3) is 3.94. The van der Waals surface area contributed by atoms with Crippen molar-refractivity contribution < 1.29 is 4.79 Å². The van der Waals surface area contributed by atoms with Gasteiger partial charge in [0.05, 0.1) is 5.56 Å². The van der Waals surface area contributed by atoms with Gasteiger partial charge in [-0.25, -0.2) is 4.98 Å². The van der Waals surface area contributed by atoms with Gasteiger partial charge in [-0.1, -0.05) is 0 Å². The number of piperidine rings is 1. The van der Waals surface area contributed by atoms with Crippen LogP contribution in [0.25, 0.3) is 5.13 Å². The zero-order valence-corrected chi connectivity index (χ0v) is 16.6. The molecule has 8 heteroatoms. The number of carbonyl (C=O) groups is 1. The molecule has 1 fully saturated rings. The van der Waals surface area contributed by atoms with Gasteiger partial charge in [0.25, 0.3) is 5.91 Å². The molecule has 1 N–H and O–H groups in total. The molecule has 0 atom stereocenters. The summed E-state index contributed by atoms with van der Waals surface area (Å²) in [6.45, 7) is 5.99. The van der Waals surface area contributed by atoms with Crippen LogP contribution in [0.5, 0.6) is 0 Å². The van der Waals surface area contributed by atoms with Crippen LogP contribution in [0.2, 0.25) is 0 Å². The summed E-state index contributed by atoms with van der Waals surface area (Å²) in [7, 11) is 1.92. The number of thiazole rings is 1. The summed E-state index contributed by atoms with van der Waals surface area (Å²) in [5, 5.41) is 6.21. The zero-order valence-electron chi connectivity index (χ0n) is 14.1. The topological polar surface area (TPSA) is 50.2 Å². The highest BCUT2D eigenvalue weighted by Crippen LogP contribution is 2.24. The first-order chi connectivity index (χ1) is 10.6. The molecule has 1 saturated heterocycles. The smallest absolute Gasteiger partial charge is 0.255 e. The molecule has 1 aliphatic rings. The van der Waals surface area contributed by atoms with Crippen molar-refractivity contribution in [3.8, 4) is 5.13 Å². The highest BCUT2D eigenvalue weighted by molar-refractivity contribution is 7.12. The van der Waals surface area contributed by atoms with Crippen LogP contribution in [-0.2, 0) is 0 Å². The number of carbonyl (C=O) groups excluding carboxylic acids is 1. The lowest BCUT2D eigenvalue weighted by Crippen LogP contribution is -2.44. The van der Waals surface area contributed by atoms with E-state index in [0.29, 0.717) is 6.04 Å². The normalized spacial score (nSPS) is 14.6. The predicted octanol–water partition coefficient (Wildman–Crippen LogP) is 3.22. The number of aromatic nitrogens is 2. The molecule has 3 rings (SSSR count). The molecular formula is C16H24Cl2N4OS. The van der Waals surface area contributed by atoms with E-state index in [4.69, 9.17) is 0 Å². The van der Waals surface area contributed by atoms with Gasteiger partial charge in [0.15, 0.2) is 5.13 Å². The minimum atomic E-state index is 0. The maximum atomic E-state index is 12.9. The maximum absolute atomic E-state index is 12.9. The number of rotatable bonds is 3. The van der Waals surface area contributed by atoms with Crippen molar-refractivity contribution in [1.82, 2.24) is 19.8 Å². The van der Waals surface area contributed by atoms with Gasteiger partial charge in [0.2, 0.25) is 0 Å². The molecule has 0 bridgehead atoms. The minimum absolute atomic E-state index is 0. The molecule has 0 radical (unpaired) electrons. The van der Waals surface area contributed by atoms with E-state index in [1.165, 1.54) is 0 Å². The average molecular weight is 391 g/mol. The molecule has 0 saturated carbocycles. The molecule has 1 aliphatic heterocycles. The Hall–Kier alpha value is -1.08. The van der Waals surface area contributed by atoms with Crippen LogP contribution in [0.3, 0.4) is 0 Å². The first kappa shape index (κ1) is 21.0. The molecule has 24 heavy (non-hydrogen) atoms. The van der Waals surface area contributed by atoms with E-state index in [-0.39, 0.29) is 30.7 Å². The Balaban J connectivity index is 0.00000144. The third-order valence-electron chi connectivity index (χ3n) is 4.45. The summed E-state index contributed by atoms with van der Waals surface area (Å²) in [6.07, 6.45) is 3.84. The van der Waals surface area contributed by atoms with Crippen LogP contribution >= 0.6 is 36.2 Å². The summed E-state index contributed by atoms with van der Waals surface area (Å²) >= 11 is 1.58. The lowest BCUT2D eigenvalue weighted by atomic mass is 10.0. The lowest BCUT2D eigenvalue weighted by Gasteiger charge is -2.31. The number of hydrogen-bond acceptors (Lipinski definition) is 4. The van der Waals surface area contributed by atoms with Gasteiger partial charge in [-0.3, -0.25) is 9.36 Å². The summed E-state index contributed by atoms with van der Waals surface area (Å²) in [4.78, 5) is 19.2. The highest BCUT2D eigenvalue weighted by atomic mass is 35.5. The molecule has 2 aromatic heterocycles. The van der Waals surface area contributed by atoms with Gasteiger partial charge < -0.3 is 10.2 Å². The van der Waals surface area contributed by atoms with Gasteiger partial charge in [-0.2, -0.15) is 0 Å². The molecule has 2 aromatic rings. The number of hydrogen-bond donors (Lipinski definition) is 1. The van der Waals surface area contributed by atoms with Crippen LogP contribution < -0.4 is 5.32 Å². The minimum Gasteiger partial charge on any atom is -0.339 e. The second-order valence-corrected chi connectivity index (χ2v) is 6.71. The van der Waals surface area contributed by atoms with E-state index in [1.54, 1.807) is 17.5 Å². The molecule has 1 amide bonds. The summed E-state index contributed by atoms with van der Waals surface area (Å²) in [5.74, 6) is 0.114. The Kier molecular flexibility index (Phi) is 7.73. The maximum Gasteiger partial charge on any atom is 0.255 e. The summed E-state index contributed by atoms with van der Waals surface area (Å²) < 4.78 is 2.06. The molecule has 0 unspecified atom stereocenters. The highest BCUT2D eigenvalue weighted by Gasteiger charge is 2.26. The quantitative estimate of drug-likeness (QED) is 0.874. The second kappa shape index (κ2) is 8.85. The fourth-order valence-corrected chi connectivity index (χ4v) is 3.90. The van der Waals surface area contributed by atoms with Crippen LogP contribution in [0.15, 0.2) is 17.6 Å². The Bertz CT molecular complexity index is 666.